The Morgan fingerprint density at radius 2 is 2.29 bits per heavy atom. The Hall–Kier alpha value is -1.71. The fourth-order valence-corrected chi connectivity index (χ4v) is 3.49. The van der Waals surface area contributed by atoms with Gasteiger partial charge in [0.05, 0.1) is 12.2 Å². The van der Waals surface area contributed by atoms with Gasteiger partial charge in [0.15, 0.2) is 5.65 Å². The summed E-state index contributed by atoms with van der Waals surface area (Å²) < 4.78 is 7.36. The fourth-order valence-electron chi connectivity index (χ4n) is 2.65. The van der Waals surface area contributed by atoms with Gasteiger partial charge in [0.25, 0.3) is 5.56 Å². The average molecular weight is 312 g/mol. The van der Waals surface area contributed by atoms with Gasteiger partial charge in [0.2, 0.25) is 5.95 Å². The van der Waals surface area contributed by atoms with Gasteiger partial charge >= 0.3 is 4.87 Å². The van der Waals surface area contributed by atoms with Gasteiger partial charge in [-0.3, -0.25) is 19.1 Å². The zero-order chi connectivity index (χ0) is 15.3. The lowest BCUT2D eigenvalue weighted by atomic mass is 10.0. The maximum atomic E-state index is 12.2. The minimum absolute atomic E-state index is 0.0161. The van der Waals surface area contributed by atoms with Gasteiger partial charge < -0.3 is 15.6 Å². The normalized spacial score (nSPS) is 27.3. The van der Waals surface area contributed by atoms with Crippen molar-refractivity contribution in [2.75, 3.05) is 5.73 Å². The predicted molar refractivity (Wildman–Crippen MR) is 78.3 cm³/mol. The Morgan fingerprint density at radius 3 is 2.90 bits per heavy atom. The van der Waals surface area contributed by atoms with Crippen LogP contribution in [-0.2, 0) is 4.74 Å². The van der Waals surface area contributed by atoms with Crippen molar-refractivity contribution < 1.29 is 9.84 Å². The van der Waals surface area contributed by atoms with Crippen molar-refractivity contribution in [1.29, 1.82) is 0 Å². The van der Waals surface area contributed by atoms with Gasteiger partial charge in [0.1, 0.15) is 10.9 Å². The van der Waals surface area contributed by atoms with Crippen molar-refractivity contribution in [2.45, 2.75) is 38.7 Å². The second-order valence-electron chi connectivity index (χ2n) is 5.36. The van der Waals surface area contributed by atoms with E-state index >= 15 is 0 Å². The minimum Gasteiger partial charge on any atom is -0.391 e. The van der Waals surface area contributed by atoms with Gasteiger partial charge in [-0.05, 0) is 13.3 Å². The molecule has 0 radical (unpaired) electrons. The Bertz CT molecular complexity index is 793. The summed E-state index contributed by atoms with van der Waals surface area (Å²) >= 11 is 0.816. The van der Waals surface area contributed by atoms with E-state index in [1.807, 2.05) is 6.92 Å². The van der Waals surface area contributed by atoms with Crippen molar-refractivity contribution in [3.63, 3.8) is 0 Å². The maximum absolute atomic E-state index is 12.2. The number of aliphatic hydroxyl groups is 1. The summed E-state index contributed by atoms with van der Waals surface area (Å²) in [5.41, 5.74) is 5.35. The molecule has 0 spiro atoms. The molecule has 3 rings (SSSR count). The van der Waals surface area contributed by atoms with Crippen molar-refractivity contribution in [3.05, 3.63) is 20.0 Å². The molecule has 114 valence electrons. The Morgan fingerprint density at radius 1 is 1.57 bits per heavy atom. The molecule has 1 fully saturated rings. The topological polar surface area (TPSA) is 123 Å². The number of aromatic amines is 1. The number of hydrogen-bond donors (Lipinski definition) is 3. The molecule has 21 heavy (non-hydrogen) atoms. The second-order valence-corrected chi connectivity index (χ2v) is 6.32. The number of nitrogens with one attached hydrogen (secondary N) is 1. The number of nitrogens with two attached hydrogens (primary N) is 1. The molecule has 4 N–H and O–H groups in total. The zero-order valence-electron chi connectivity index (χ0n) is 11.6. The SMILES string of the molecule is C[C@H](O)[C@@H]1C[C@@H](C)[C@H](n2c(=O)sc3c(=O)[nH]c(N)nc32)O1. The van der Waals surface area contributed by atoms with E-state index in [1.165, 1.54) is 4.57 Å². The van der Waals surface area contributed by atoms with Crippen LogP contribution in [0.3, 0.4) is 0 Å². The summed E-state index contributed by atoms with van der Waals surface area (Å²) in [6.45, 7) is 3.58. The van der Waals surface area contributed by atoms with Gasteiger partial charge in [-0.1, -0.05) is 18.3 Å². The monoisotopic (exact) mass is 312 g/mol. The quantitative estimate of drug-likeness (QED) is 0.719. The molecule has 3 heterocycles. The first kappa shape index (κ1) is 14.2. The largest absolute Gasteiger partial charge is 0.391 e. The second kappa shape index (κ2) is 4.93. The van der Waals surface area contributed by atoms with E-state index in [1.54, 1.807) is 6.92 Å². The molecule has 0 bridgehead atoms. The molecule has 9 heteroatoms. The van der Waals surface area contributed by atoms with Gasteiger partial charge in [-0.15, -0.1) is 0 Å². The summed E-state index contributed by atoms with van der Waals surface area (Å²) in [5.74, 6) is -0.0285. The minimum atomic E-state index is -0.625. The number of thiazole rings is 1. The molecule has 0 aliphatic carbocycles. The summed E-state index contributed by atoms with van der Waals surface area (Å²) in [7, 11) is 0. The highest BCUT2D eigenvalue weighted by atomic mass is 32.1. The third-order valence-electron chi connectivity index (χ3n) is 3.69. The van der Waals surface area contributed by atoms with E-state index in [-0.39, 0.29) is 33.2 Å². The molecular weight excluding hydrogens is 296 g/mol. The van der Waals surface area contributed by atoms with Crippen LogP contribution < -0.4 is 16.2 Å². The van der Waals surface area contributed by atoms with Crippen LogP contribution in [0.25, 0.3) is 10.3 Å². The third-order valence-corrected chi connectivity index (χ3v) is 4.63. The van der Waals surface area contributed by atoms with E-state index in [9.17, 15) is 14.7 Å². The average Bonchev–Trinajstić information content (AvgIpc) is 2.90. The molecule has 0 saturated carbocycles. The molecule has 0 aromatic carbocycles. The van der Waals surface area contributed by atoms with Crippen LogP contribution in [0.5, 0.6) is 0 Å². The lowest BCUT2D eigenvalue weighted by molar-refractivity contribution is -0.0579. The number of fused-ring (bicyclic) bond motifs is 1. The van der Waals surface area contributed by atoms with Gasteiger partial charge in [0, 0.05) is 5.92 Å². The van der Waals surface area contributed by atoms with Gasteiger partial charge in [-0.25, -0.2) is 0 Å². The predicted octanol–water partition coefficient (Wildman–Crippen LogP) is 0.0329. The molecule has 0 amide bonds. The fraction of sp³-hybridized carbons (Fsp3) is 0.583. The van der Waals surface area contributed by atoms with Crippen molar-refractivity contribution in [1.82, 2.24) is 14.5 Å². The standard InChI is InChI=1S/C12H16N4O4S/c1-4-3-6(5(2)17)20-10(4)16-8-7(21-12(16)19)9(18)15-11(13)14-8/h4-6,10,17H,3H2,1-2H3,(H3,13,14,15,18)/t4-,5+,6+,10-/m1/s1. The number of anilines is 1. The van der Waals surface area contributed by atoms with Crippen LogP contribution in [0.15, 0.2) is 9.59 Å². The number of aliphatic hydroxyl groups excluding tert-OH is 1. The highest BCUT2D eigenvalue weighted by Gasteiger charge is 2.37. The summed E-state index contributed by atoms with van der Waals surface area (Å²) in [4.78, 5) is 30.2. The van der Waals surface area contributed by atoms with Crippen molar-refractivity contribution >= 4 is 27.6 Å². The Kier molecular flexibility index (Phi) is 3.34. The molecule has 8 nitrogen and oxygen atoms in total. The number of nitrogen functional groups attached to an aromatic ring is 1. The van der Waals surface area contributed by atoms with Gasteiger partial charge in [-0.2, -0.15) is 4.98 Å². The third kappa shape index (κ3) is 2.27. The van der Waals surface area contributed by atoms with Crippen LogP contribution >= 0.6 is 11.3 Å². The van der Waals surface area contributed by atoms with Crippen LogP contribution in [-0.4, -0.2) is 31.8 Å². The summed E-state index contributed by atoms with van der Waals surface area (Å²) in [5, 5.41) is 9.66. The highest BCUT2D eigenvalue weighted by Crippen LogP contribution is 2.36. The van der Waals surface area contributed by atoms with E-state index in [0.717, 1.165) is 11.3 Å². The number of nitrogens with zero attached hydrogens (tertiary/aromatic N) is 2. The Balaban J connectivity index is 2.15. The highest BCUT2D eigenvalue weighted by molar-refractivity contribution is 7.16. The zero-order valence-corrected chi connectivity index (χ0v) is 12.4. The van der Waals surface area contributed by atoms with Crippen LogP contribution in [0.1, 0.15) is 26.5 Å². The molecule has 0 unspecified atom stereocenters. The molecular formula is C12H16N4O4S. The molecule has 4 atom stereocenters. The smallest absolute Gasteiger partial charge is 0.311 e. The molecule has 2 aromatic heterocycles. The maximum Gasteiger partial charge on any atom is 0.311 e. The van der Waals surface area contributed by atoms with Crippen molar-refractivity contribution in [3.8, 4) is 0 Å². The first-order valence-corrected chi connectivity index (χ1v) is 7.44. The lowest BCUT2D eigenvalue weighted by Crippen LogP contribution is -2.26. The van der Waals surface area contributed by atoms with Crippen molar-refractivity contribution in [2.24, 2.45) is 5.92 Å². The molecule has 1 aliphatic rings. The van der Waals surface area contributed by atoms with E-state index < -0.39 is 17.9 Å². The summed E-state index contributed by atoms with van der Waals surface area (Å²) in [6, 6.07) is 0. The number of aromatic nitrogens is 3. The Labute approximate surface area is 123 Å². The van der Waals surface area contributed by atoms with E-state index in [4.69, 9.17) is 10.5 Å². The van der Waals surface area contributed by atoms with E-state index in [2.05, 4.69) is 9.97 Å². The first-order valence-electron chi connectivity index (χ1n) is 6.63. The van der Waals surface area contributed by atoms with Crippen LogP contribution in [0, 0.1) is 5.92 Å². The number of rotatable bonds is 2. The summed E-state index contributed by atoms with van der Waals surface area (Å²) in [6.07, 6.45) is -0.893. The van der Waals surface area contributed by atoms with Crippen LogP contribution in [0.4, 0.5) is 5.95 Å². The van der Waals surface area contributed by atoms with Crippen LogP contribution in [0.2, 0.25) is 0 Å². The molecule has 1 aliphatic heterocycles. The molecule has 2 aromatic rings. The first-order chi connectivity index (χ1) is 9.88. The number of H-pyrrole nitrogens is 1. The number of ether oxygens (including phenoxy) is 1. The molecule has 1 saturated heterocycles. The number of hydrogen-bond acceptors (Lipinski definition) is 7. The van der Waals surface area contributed by atoms with E-state index in [0.29, 0.717) is 6.42 Å². The lowest BCUT2D eigenvalue weighted by Gasteiger charge is -2.18.